The molecule has 7 heteroatoms. The third-order valence-electron chi connectivity index (χ3n) is 6.10. The first-order valence-corrected chi connectivity index (χ1v) is 10.9. The van der Waals surface area contributed by atoms with Crippen LogP contribution in [0.5, 0.6) is 0 Å². The minimum atomic E-state index is -0.680. The van der Waals surface area contributed by atoms with E-state index in [0.29, 0.717) is 35.3 Å². The number of rotatable bonds is 10. The second-order valence-corrected chi connectivity index (χ2v) is 8.50. The van der Waals surface area contributed by atoms with Gasteiger partial charge in [0.2, 0.25) is 5.91 Å². The molecule has 7 nitrogen and oxygen atoms in total. The average molecular weight is 417 g/mol. The van der Waals surface area contributed by atoms with Gasteiger partial charge in [0.1, 0.15) is 11.3 Å². The molecular weight excluding hydrogens is 380 g/mol. The number of nitrogens with two attached hydrogens (primary N) is 2. The molecule has 0 fully saturated rings. The Balaban J connectivity index is 2.58. The summed E-state index contributed by atoms with van der Waals surface area (Å²) in [6.07, 6.45) is 1.23. The highest BCUT2D eigenvalue weighted by Gasteiger charge is 2.30. The van der Waals surface area contributed by atoms with Gasteiger partial charge in [-0.2, -0.15) is 0 Å². The molecule has 2 rings (SSSR count). The molecule has 0 aliphatic heterocycles. The number of hydrogen-bond donors (Lipinski definition) is 3. The molecule has 4 atom stereocenters. The highest BCUT2D eigenvalue weighted by molar-refractivity contribution is 6.09. The first-order chi connectivity index (χ1) is 14.2. The summed E-state index contributed by atoms with van der Waals surface area (Å²) >= 11 is 0. The van der Waals surface area contributed by atoms with Crippen LogP contribution >= 0.6 is 0 Å². The van der Waals surface area contributed by atoms with Crippen molar-refractivity contribution in [2.24, 2.45) is 29.2 Å². The van der Waals surface area contributed by atoms with Crippen LogP contribution in [0.25, 0.3) is 11.0 Å². The van der Waals surface area contributed by atoms with Gasteiger partial charge in [-0.3, -0.25) is 14.2 Å². The Morgan fingerprint density at radius 2 is 1.83 bits per heavy atom. The van der Waals surface area contributed by atoms with Crippen LogP contribution in [0, 0.1) is 17.8 Å². The normalized spacial score (nSPS) is 15.9. The van der Waals surface area contributed by atoms with Crippen LogP contribution in [0.4, 0.5) is 0 Å². The van der Waals surface area contributed by atoms with E-state index < -0.39 is 12.1 Å². The van der Waals surface area contributed by atoms with Gasteiger partial charge in [0.25, 0.3) is 0 Å². The van der Waals surface area contributed by atoms with E-state index in [1.807, 2.05) is 34.6 Å². The van der Waals surface area contributed by atoms with Crippen molar-refractivity contribution in [1.82, 2.24) is 9.55 Å². The summed E-state index contributed by atoms with van der Waals surface area (Å²) in [5.41, 5.74) is 13.5. The molecule has 0 bridgehead atoms. The predicted molar refractivity (Wildman–Crippen MR) is 119 cm³/mol. The summed E-state index contributed by atoms with van der Waals surface area (Å²) in [7, 11) is 0. The summed E-state index contributed by atoms with van der Waals surface area (Å²) in [6.45, 7) is 9.83. The van der Waals surface area contributed by atoms with E-state index in [0.717, 1.165) is 6.42 Å². The standard InChI is InChI=1S/C23H36N4O3/c1-6-14(5)20(25)23(30)27-18-10-8-9-16(21(18)26-19(27)12-24)22(29)17(13(3)4)11-15(28)7-2/h8-10,13-15,17,20,28H,6-7,11-12,24-25H2,1-5H3/t14-,15-,17?,20-/m0/s1. The van der Waals surface area contributed by atoms with E-state index in [1.54, 1.807) is 18.2 Å². The Bertz CT molecular complexity index is 890. The minimum absolute atomic E-state index is 0.00578. The molecule has 30 heavy (non-hydrogen) atoms. The lowest BCUT2D eigenvalue weighted by atomic mass is 9.83. The SMILES string of the molecule is CC[C@H](O)CC(C(=O)c1cccc2c1nc(CN)n2C(=O)[C@@H](N)[C@@H](C)CC)C(C)C. The molecule has 1 unspecified atom stereocenters. The lowest BCUT2D eigenvalue weighted by Crippen LogP contribution is -2.40. The monoisotopic (exact) mass is 416 g/mol. The second-order valence-electron chi connectivity index (χ2n) is 8.50. The Morgan fingerprint density at radius 1 is 1.17 bits per heavy atom. The van der Waals surface area contributed by atoms with Gasteiger partial charge in [0, 0.05) is 11.5 Å². The molecule has 1 heterocycles. The van der Waals surface area contributed by atoms with Crippen LogP contribution < -0.4 is 11.5 Å². The smallest absolute Gasteiger partial charge is 0.249 e. The maximum absolute atomic E-state index is 13.4. The molecule has 166 valence electrons. The van der Waals surface area contributed by atoms with Gasteiger partial charge in [-0.05, 0) is 36.8 Å². The maximum atomic E-state index is 13.4. The zero-order valence-electron chi connectivity index (χ0n) is 18.8. The molecule has 0 amide bonds. The summed E-state index contributed by atoms with van der Waals surface area (Å²) < 4.78 is 1.47. The Hall–Kier alpha value is -2.09. The van der Waals surface area contributed by atoms with Gasteiger partial charge in [-0.1, -0.05) is 47.1 Å². The molecule has 0 aliphatic rings. The zero-order valence-corrected chi connectivity index (χ0v) is 18.8. The molecule has 0 spiro atoms. The molecule has 2 aromatic rings. The van der Waals surface area contributed by atoms with Crippen molar-refractivity contribution in [3.05, 3.63) is 29.6 Å². The quantitative estimate of drug-likeness (QED) is 0.511. The fourth-order valence-electron chi connectivity index (χ4n) is 3.72. The molecule has 1 aromatic heterocycles. The number of carbonyl (C=O) groups is 2. The van der Waals surface area contributed by atoms with Crippen LogP contribution in [0.15, 0.2) is 18.2 Å². The molecule has 0 saturated heterocycles. The third-order valence-corrected chi connectivity index (χ3v) is 6.10. The largest absolute Gasteiger partial charge is 0.393 e. The van der Waals surface area contributed by atoms with Gasteiger partial charge in [-0.25, -0.2) is 4.98 Å². The van der Waals surface area contributed by atoms with E-state index in [2.05, 4.69) is 4.98 Å². The van der Waals surface area contributed by atoms with E-state index >= 15 is 0 Å². The predicted octanol–water partition coefficient (Wildman–Crippen LogP) is 3.12. The van der Waals surface area contributed by atoms with E-state index in [1.165, 1.54) is 4.57 Å². The molecular formula is C23H36N4O3. The molecule has 1 aromatic carbocycles. The third kappa shape index (κ3) is 4.79. The van der Waals surface area contributed by atoms with Crippen LogP contribution in [0.1, 0.15) is 74.9 Å². The average Bonchev–Trinajstić information content (AvgIpc) is 3.13. The van der Waals surface area contributed by atoms with Crippen molar-refractivity contribution in [3.8, 4) is 0 Å². The number of ketones is 1. The molecule has 0 saturated carbocycles. The van der Waals surface area contributed by atoms with Crippen molar-refractivity contribution in [3.63, 3.8) is 0 Å². The summed E-state index contributed by atoms with van der Waals surface area (Å²) in [6, 6.07) is 4.57. The first-order valence-electron chi connectivity index (χ1n) is 10.9. The van der Waals surface area contributed by atoms with Crippen LogP contribution in [-0.2, 0) is 6.54 Å². The van der Waals surface area contributed by atoms with Gasteiger partial charge in [0.15, 0.2) is 5.78 Å². The summed E-state index contributed by atoms with van der Waals surface area (Å²) in [4.78, 5) is 31.1. The van der Waals surface area contributed by atoms with Gasteiger partial charge in [-0.15, -0.1) is 0 Å². The fourth-order valence-corrected chi connectivity index (χ4v) is 3.72. The molecule has 0 radical (unpaired) electrons. The van der Waals surface area contributed by atoms with Crippen molar-refractivity contribution in [1.29, 1.82) is 0 Å². The highest BCUT2D eigenvalue weighted by atomic mass is 16.3. The number of fused-ring (bicyclic) bond motifs is 1. The van der Waals surface area contributed by atoms with E-state index in [-0.39, 0.29) is 36.0 Å². The minimum Gasteiger partial charge on any atom is -0.393 e. The molecule has 0 aliphatic carbocycles. The topological polar surface area (TPSA) is 124 Å². The van der Waals surface area contributed by atoms with E-state index in [4.69, 9.17) is 11.5 Å². The number of imidazole rings is 1. The van der Waals surface area contributed by atoms with Crippen LogP contribution in [0.2, 0.25) is 0 Å². The molecule has 5 N–H and O–H groups in total. The van der Waals surface area contributed by atoms with Crippen LogP contribution in [0.3, 0.4) is 0 Å². The van der Waals surface area contributed by atoms with Gasteiger partial charge in [0.05, 0.1) is 24.2 Å². The van der Waals surface area contributed by atoms with Crippen molar-refractivity contribution in [2.75, 3.05) is 0 Å². The zero-order chi connectivity index (χ0) is 22.6. The van der Waals surface area contributed by atoms with Crippen molar-refractivity contribution in [2.45, 2.75) is 72.6 Å². The van der Waals surface area contributed by atoms with Crippen LogP contribution in [-0.4, -0.2) is 38.5 Å². The first kappa shape index (κ1) is 24.2. The number of para-hydroxylation sites is 1. The number of aromatic nitrogens is 2. The van der Waals surface area contributed by atoms with Gasteiger partial charge >= 0.3 is 0 Å². The van der Waals surface area contributed by atoms with Gasteiger partial charge < -0.3 is 16.6 Å². The maximum Gasteiger partial charge on any atom is 0.249 e. The number of hydrogen-bond acceptors (Lipinski definition) is 6. The Labute approximate surface area is 178 Å². The fraction of sp³-hybridized carbons (Fsp3) is 0.609. The number of aliphatic hydroxyl groups is 1. The number of nitrogens with zero attached hydrogens (tertiary/aromatic N) is 2. The number of carbonyl (C=O) groups excluding carboxylic acids is 2. The van der Waals surface area contributed by atoms with E-state index in [9.17, 15) is 14.7 Å². The van der Waals surface area contributed by atoms with Crippen molar-refractivity contribution >= 4 is 22.7 Å². The Morgan fingerprint density at radius 3 is 2.37 bits per heavy atom. The Kier molecular flexibility index (Phi) is 8.29. The number of aliphatic hydroxyl groups excluding tert-OH is 1. The number of Topliss-reactive ketones (excluding diaryl/α,β-unsaturated/α-hetero) is 1. The highest BCUT2D eigenvalue weighted by Crippen LogP contribution is 2.28. The lowest BCUT2D eigenvalue weighted by molar-refractivity contribution is 0.0769. The van der Waals surface area contributed by atoms with Crippen molar-refractivity contribution < 1.29 is 14.7 Å². The summed E-state index contributed by atoms with van der Waals surface area (Å²) in [5.74, 6) is -0.218. The lowest BCUT2D eigenvalue weighted by Gasteiger charge is -2.22. The summed E-state index contributed by atoms with van der Waals surface area (Å²) in [5, 5.41) is 10.1. The second kappa shape index (κ2) is 10.3. The number of benzene rings is 1.